The highest BCUT2D eigenvalue weighted by atomic mass is 19.3. The Morgan fingerprint density at radius 2 is 2.00 bits per heavy atom. The molecule has 1 amide bonds. The lowest BCUT2D eigenvalue weighted by atomic mass is 10.1. The van der Waals surface area contributed by atoms with Gasteiger partial charge in [-0.2, -0.15) is 10.2 Å². The van der Waals surface area contributed by atoms with Crippen LogP contribution in [0, 0.1) is 6.92 Å². The van der Waals surface area contributed by atoms with Gasteiger partial charge in [-0.3, -0.25) is 9.48 Å². The summed E-state index contributed by atoms with van der Waals surface area (Å²) in [5, 5.41) is 11.2. The third kappa shape index (κ3) is 3.79. The number of halogens is 2. The average molecular weight is 440 g/mol. The fourth-order valence-corrected chi connectivity index (χ4v) is 3.69. The van der Waals surface area contributed by atoms with Crippen LogP contribution in [0.3, 0.4) is 0 Å². The van der Waals surface area contributed by atoms with Crippen molar-refractivity contribution in [2.75, 3.05) is 7.11 Å². The van der Waals surface area contributed by atoms with Crippen LogP contribution in [0.15, 0.2) is 42.7 Å². The van der Waals surface area contributed by atoms with Crippen LogP contribution in [0.4, 0.5) is 8.78 Å². The summed E-state index contributed by atoms with van der Waals surface area (Å²) in [6.45, 7) is 3.68. The van der Waals surface area contributed by atoms with E-state index >= 15 is 0 Å². The van der Waals surface area contributed by atoms with Crippen LogP contribution in [0.2, 0.25) is 0 Å². The van der Waals surface area contributed by atoms with Gasteiger partial charge in [0, 0.05) is 24.4 Å². The lowest BCUT2D eigenvalue weighted by Gasteiger charge is -2.13. The first-order valence-electron chi connectivity index (χ1n) is 9.91. The number of benzene rings is 1. The maximum Gasteiger partial charge on any atom is 0.280 e. The minimum atomic E-state index is -2.82. The topological polar surface area (TPSA) is 86.3 Å². The summed E-state index contributed by atoms with van der Waals surface area (Å²) in [7, 11) is 3.29. The zero-order chi connectivity index (χ0) is 23.0. The van der Waals surface area contributed by atoms with Crippen molar-refractivity contribution in [2.45, 2.75) is 26.3 Å². The quantitative estimate of drug-likeness (QED) is 0.492. The van der Waals surface area contributed by atoms with Crippen LogP contribution in [0.1, 0.15) is 46.7 Å². The molecule has 3 aromatic heterocycles. The summed E-state index contributed by atoms with van der Waals surface area (Å²) in [5.41, 5.74) is 2.20. The Kier molecular flexibility index (Phi) is 5.60. The zero-order valence-electron chi connectivity index (χ0n) is 18.0. The number of amides is 1. The fraction of sp³-hybridized carbons (Fsp3) is 0.273. The van der Waals surface area contributed by atoms with E-state index in [0.717, 1.165) is 15.8 Å². The molecule has 0 aliphatic carbocycles. The number of fused-ring (bicyclic) bond motifs is 1. The zero-order valence-corrected chi connectivity index (χ0v) is 18.0. The number of hydrogen-bond donors (Lipinski definition) is 1. The highest BCUT2D eigenvalue weighted by Crippen LogP contribution is 2.32. The largest absolute Gasteiger partial charge is 0.496 e. The molecule has 32 heavy (non-hydrogen) atoms. The van der Waals surface area contributed by atoms with E-state index in [9.17, 15) is 13.6 Å². The van der Waals surface area contributed by atoms with E-state index in [1.807, 2.05) is 20.0 Å². The smallest absolute Gasteiger partial charge is 0.280 e. The van der Waals surface area contributed by atoms with E-state index < -0.39 is 12.3 Å². The normalized spacial score (nSPS) is 12.3. The van der Waals surface area contributed by atoms with Gasteiger partial charge in [0.2, 0.25) is 0 Å². The van der Waals surface area contributed by atoms with Crippen LogP contribution < -0.4 is 10.1 Å². The Balaban J connectivity index is 1.78. The summed E-state index contributed by atoms with van der Waals surface area (Å²) in [5.74, 6) is 0.0106. The molecule has 166 valence electrons. The molecule has 10 heteroatoms. The first-order valence-corrected chi connectivity index (χ1v) is 9.91. The van der Waals surface area contributed by atoms with E-state index in [1.165, 1.54) is 19.4 Å². The van der Waals surface area contributed by atoms with Crippen LogP contribution in [0.5, 0.6) is 5.75 Å². The number of rotatable bonds is 6. The maximum absolute atomic E-state index is 13.8. The van der Waals surface area contributed by atoms with Gasteiger partial charge < -0.3 is 10.1 Å². The van der Waals surface area contributed by atoms with Gasteiger partial charge in [0.15, 0.2) is 5.65 Å². The number of aromatic nitrogens is 5. The van der Waals surface area contributed by atoms with Gasteiger partial charge in [-0.15, -0.1) is 0 Å². The molecule has 8 nitrogen and oxygen atoms in total. The summed E-state index contributed by atoms with van der Waals surface area (Å²) in [6.07, 6.45) is 0.253. The number of carbonyl (C=O) groups is 1. The van der Waals surface area contributed by atoms with Gasteiger partial charge >= 0.3 is 0 Å². The first kappa shape index (κ1) is 21.4. The second-order valence-corrected chi connectivity index (χ2v) is 7.40. The molecular weight excluding hydrogens is 418 g/mol. The lowest BCUT2D eigenvalue weighted by molar-refractivity contribution is 0.0941. The Bertz CT molecular complexity index is 1300. The molecule has 1 aromatic carbocycles. The van der Waals surface area contributed by atoms with Crippen molar-refractivity contribution in [3.8, 4) is 17.0 Å². The number of alkyl halides is 2. The average Bonchev–Trinajstić information content (AvgIpc) is 3.35. The van der Waals surface area contributed by atoms with Gasteiger partial charge in [-0.05, 0) is 32.0 Å². The number of ether oxygens (including phenoxy) is 1. The predicted molar refractivity (Wildman–Crippen MR) is 114 cm³/mol. The molecule has 1 unspecified atom stereocenters. The molecule has 4 aromatic rings. The molecule has 0 aliphatic rings. The SMILES string of the molecule is COc1ccccc1-c1cc(C(F)F)n2ncc(C(=O)NC(C)c3cn(C)nc3C)c2n1. The molecule has 0 radical (unpaired) electrons. The van der Waals surface area contributed by atoms with Crippen molar-refractivity contribution in [3.05, 3.63) is 65.2 Å². The Morgan fingerprint density at radius 3 is 2.66 bits per heavy atom. The highest BCUT2D eigenvalue weighted by Gasteiger charge is 2.24. The standard InChI is InChI=1S/C22H22F2N6O2/c1-12(16-11-29(3)28-13(16)2)26-22(31)15-10-25-30-18(20(23)24)9-17(27-21(15)30)14-7-5-6-8-19(14)32-4/h5-12,20H,1-4H3,(H,26,31). The number of nitrogens with zero attached hydrogens (tertiary/aromatic N) is 5. The van der Waals surface area contributed by atoms with E-state index in [0.29, 0.717) is 11.3 Å². The minimum Gasteiger partial charge on any atom is -0.496 e. The maximum atomic E-state index is 13.8. The van der Waals surface area contributed by atoms with Crippen molar-refractivity contribution < 1.29 is 18.3 Å². The molecule has 4 rings (SSSR count). The summed E-state index contributed by atoms with van der Waals surface area (Å²) in [6, 6.07) is 7.87. The molecule has 3 heterocycles. The third-order valence-corrected chi connectivity index (χ3v) is 5.22. The second kappa shape index (κ2) is 8.37. The molecular formula is C22H22F2N6O2. The van der Waals surface area contributed by atoms with Crippen molar-refractivity contribution in [3.63, 3.8) is 0 Å². The van der Waals surface area contributed by atoms with Crippen LogP contribution in [0.25, 0.3) is 16.9 Å². The molecule has 1 atom stereocenters. The number of hydrogen-bond acceptors (Lipinski definition) is 5. The van der Waals surface area contributed by atoms with Crippen LogP contribution in [-0.2, 0) is 7.05 Å². The molecule has 0 spiro atoms. The third-order valence-electron chi connectivity index (χ3n) is 5.22. The molecule has 0 bridgehead atoms. The number of methoxy groups -OCH3 is 1. The molecule has 1 N–H and O–H groups in total. The number of carbonyl (C=O) groups excluding carboxylic acids is 1. The van der Waals surface area contributed by atoms with Gasteiger partial charge in [0.25, 0.3) is 12.3 Å². The number of para-hydroxylation sites is 1. The van der Waals surface area contributed by atoms with Gasteiger partial charge in [-0.25, -0.2) is 18.3 Å². The van der Waals surface area contributed by atoms with Crippen LogP contribution >= 0.6 is 0 Å². The summed E-state index contributed by atoms with van der Waals surface area (Å²) in [4.78, 5) is 17.5. The fourth-order valence-electron chi connectivity index (χ4n) is 3.69. The molecule has 0 saturated carbocycles. The van der Waals surface area contributed by atoms with Crippen LogP contribution in [-0.4, -0.2) is 37.4 Å². The van der Waals surface area contributed by atoms with E-state index in [1.54, 1.807) is 36.0 Å². The van der Waals surface area contributed by atoms with Gasteiger partial charge in [-0.1, -0.05) is 12.1 Å². The van der Waals surface area contributed by atoms with Crippen molar-refractivity contribution in [1.29, 1.82) is 0 Å². The van der Waals surface area contributed by atoms with Crippen molar-refractivity contribution in [1.82, 2.24) is 29.7 Å². The molecule has 0 aliphatic heterocycles. The van der Waals surface area contributed by atoms with Gasteiger partial charge in [0.1, 0.15) is 17.0 Å². The Labute approximate surface area is 182 Å². The number of aryl methyl sites for hydroxylation is 2. The van der Waals surface area contributed by atoms with Crippen molar-refractivity contribution in [2.24, 2.45) is 7.05 Å². The van der Waals surface area contributed by atoms with E-state index in [2.05, 4.69) is 20.5 Å². The minimum absolute atomic E-state index is 0.0383. The predicted octanol–water partition coefficient (Wildman–Crippen LogP) is 3.88. The monoisotopic (exact) mass is 440 g/mol. The first-order chi connectivity index (χ1) is 15.3. The summed E-state index contributed by atoms with van der Waals surface area (Å²) < 4.78 is 35.7. The number of nitrogens with one attached hydrogen (secondary N) is 1. The second-order valence-electron chi connectivity index (χ2n) is 7.40. The lowest BCUT2D eigenvalue weighted by Crippen LogP contribution is -2.27. The van der Waals surface area contributed by atoms with Crippen molar-refractivity contribution >= 4 is 11.6 Å². The van der Waals surface area contributed by atoms with Gasteiger partial charge in [0.05, 0.1) is 30.7 Å². The Morgan fingerprint density at radius 1 is 1.25 bits per heavy atom. The molecule has 0 saturated heterocycles. The van der Waals surface area contributed by atoms with E-state index in [4.69, 9.17) is 4.74 Å². The Hall–Kier alpha value is -3.82. The summed E-state index contributed by atoms with van der Waals surface area (Å²) >= 11 is 0. The highest BCUT2D eigenvalue weighted by molar-refractivity contribution is 6.00. The van der Waals surface area contributed by atoms with E-state index in [-0.39, 0.29) is 28.6 Å². The molecule has 0 fully saturated rings.